The highest BCUT2D eigenvalue weighted by molar-refractivity contribution is 5.77. The molecular formula is C6H13ClN3O2-. The summed E-state index contributed by atoms with van der Waals surface area (Å²) in [6.07, 6.45) is 0. The third-order valence-corrected chi connectivity index (χ3v) is 1.63. The molecule has 1 aliphatic heterocycles. The summed E-state index contributed by atoms with van der Waals surface area (Å²) in [4.78, 5) is 12.8. The standard InChI is InChI=1S/C6H13N3O2.ClH/c7-8-6(10)5-9-1-3-11-4-2-9;/h1-5,7H2,(H,8,10);1H/p-1. The van der Waals surface area contributed by atoms with Crippen molar-refractivity contribution in [3.8, 4) is 0 Å². The molecule has 12 heavy (non-hydrogen) atoms. The molecule has 0 atom stereocenters. The Balaban J connectivity index is 0.00000121. The molecule has 72 valence electrons. The first-order valence-electron chi connectivity index (χ1n) is 3.62. The van der Waals surface area contributed by atoms with Crippen molar-refractivity contribution in [2.75, 3.05) is 32.8 Å². The van der Waals surface area contributed by atoms with Gasteiger partial charge in [0.05, 0.1) is 19.8 Å². The highest BCUT2D eigenvalue weighted by atomic mass is 35.5. The van der Waals surface area contributed by atoms with Crippen LogP contribution in [0.4, 0.5) is 0 Å². The minimum Gasteiger partial charge on any atom is -1.00 e. The Bertz CT molecular complexity index is 139. The molecule has 0 aliphatic carbocycles. The van der Waals surface area contributed by atoms with Gasteiger partial charge in [-0.15, -0.1) is 0 Å². The van der Waals surface area contributed by atoms with Crippen molar-refractivity contribution in [3.05, 3.63) is 0 Å². The highest BCUT2D eigenvalue weighted by Gasteiger charge is 2.12. The highest BCUT2D eigenvalue weighted by Crippen LogP contribution is 1.94. The summed E-state index contributed by atoms with van der Waals surface area (Å²) < 4.78 is 5.11. The molecule has 0 bridgehead atoms. The topological polar surface area (TPSA) is 67.6 Å². The van der Waals surface area contributed by atoms with Crippen LogP contribution >= 0.6 is 0 Å². The fourth-order valence-electron chi connectivity index (χ4n) is 1.01. The van der Waals surface area contributed by atoms with Gasteiger partial charge in [0.15, 0.2) is 0 Å². The van der Waals surface area contributed by atoms with Gasteiger partial charge in [0.1, 0.15) is 0 Å². The third kappa shape index (κ3) is 3.87. The molecule has 0 spiro atoms. The zero-order valence-electron chi connectivity index (χ0n) is 6.75. The second-order valence-electron chi connectivity index (χ2n) is 2.46. The van der Waals surface area contributed by atoms with Crippen LogP contribution in [0, 0.1) is 0 Å². The molecule has 0 aromatic carbocycles. The van der Waals surface area contributed by atoms with Gasteiger partial charge in [0, 0.05) is 13.1 Å². The number of amides is 1. The minimum absolute atomic E-state index is 0. The van der Waals surface area contributed by atoms with E-state index in [0.717, 1.165) is 13.1 Å². The van der Waals surface area contributed by atoms with Crippen LogP contribution in [0.1, 0.15) is 0 Å². The number of halogens is 1. The summed E-state index contributed by atoms with van der Waals surface area (Å²) in [5.74, 6) is 4.79. The smallest absolute Gasteiger partial charge is 0.248 e. The lowest BCUT2D eigenvalue weighted by molar-refractivity contribution is -0.123. The van der Waals surface area contributed by atoms with Gasteiger partial charge >= 0.3 is 0 Å². The van der Waals surface area contributed by atoms with Gasteiger partial charge in [-0.1, -0.05) is 0 Å². The number of nitrogens with two attached hydrogens (primary N) is 1. The van der Waals surface area contributed by atoms with E-state index in [2.05, 4.69) is 5.43 Å². The number of carbonyl (C=O) groups excluding carboxylic acids is 1. The second kappa shape index (κ2) is 6.19. The van der Waals surface area contributed by atoms with Crippen molar-refractivity contribution in [2.45, 2.75) is 0 Å². The van der Waals surface area contributed by atoms with E-state index in [1.54, 1.807) is 0 Å². The number of nitrogens with one attached hydrogen (secondary N) is 1. The van der Waals surface area contributed by atoms with Crippen LogP contribution in [0.5, 0.6) is 0 Å². The molecule has 0 aromatic rings. The van der Waals surface area contributed by atoms with E-state index in [9.17, 15) is 4.79 Å². The average molecular weight is 195 g/mol. The maximum absolute atomic E-state index is 10.8. The molecule has 1 saturated heterocycles. The third-order valence-electron chi connectivity index (χ3n) is 1.63. The molecule has 0 saturated carbocycles. The predicted molar refractivity (Wildman–Crippen MR) is 39.6 cm³/mol. The molecule has 0 radical (unpaired) electrons. The summed E-state index contributed by atoms with van der Waals surface area (Å²) >= 11 is 0. The first-order valence-corrected chi connectivity index (χ1v) is 3.62. The summed E-state index contributed by atoms with van der Waals surface area (Å²) in [5, 5.41) is 0. The Labute approximate surface area is 77.6 Å². The van der Waals surface area contributed by atoms with Crippen LogP contribution < -0.4 is 23.7 Å². The summed E-state index contributed by atoms with van der Waals surface area (Å²) in [7, 11) is 0. The second-order valence-corrected chi connectivity index (χ2v) is 2.46. The van der Waals surface area contributed by atoms with Crippen molar-refractivity contribution in [2.24, 2.45) is 5.84 Å². The molecule has 3 N–H and O–H groups in total. The van der Waals surface area contributed by atoms with E-state index in [4.69, 9.17) is 10.6 Å². The summed E-state index contributed by atoms with van der Waals surface area (Å²) in [6.45, 7) is 3.41. The molecule has 1 heterocycles. The van der Waals surface area contributed by atoms with Crippen molar-refractivity contribution >= 4 is 5.91 Å². The lowest BCUT2D eigenvalue weighted by Gasteiger charge is -2.25. The monoisotopic (exact) mass is 194 g/mol. The number of carbonyl (C=O) groups is 1. The lowest BCUT2D eigenvalue weighted by Crippen LogP contribution is -3.00. The Morgan fingerprint density at radius 1 is 1.50 bits per heavy atom. The van der Waals surface area contributed by atoms with Crippen LogP contribution in [0.2, 0.25) is 0 Å². The maximum atomic E-state index is 10.8. The molecule has 1 amide bonds. The normalized spacial score (nSPS) is 18.1. The Morgan fingerprint density at radius 3 is 2.58 bits per heavy atom. The zero-order valence-corrected chi connectivity index (χ0v) is 7.51. The molecule has 1 rings (SSSR count). The van der Waals surface area contributed by atoms with Gasteiger partial charge in [-0.2, -0.15) is 0 Å². The van der Waals surface area contributed by atoms with E-state index >= 15 is 0 Å². The van der Waals surface area contributed by atoms with Crippen molar-refractivity contribution in [1.82, 2.24) is 10.3 Å². The molecule has 0 unspecified atom stereocenters. The van der Waals surface area contributed by atoms with E-state index in [0.29, 0.717) is 19.8 Å². The Hall–Kier alpha value is -0.360. The molecular weight excluding hydrogens is 182 g/mol. The lowest BCUT2D eigenvalue weighted by atomic mass is 10.4. The predicted octanol–water partition coefficient (Wildman–Crippen LogP) is -4.69. The fraction of sp³-hybridized carbons (Fsp3) is 0.833. The maximum Gasteiger partial charge on any atom is 0.248 e. The SMILES string of the molecule is NNC(=O)CN1CCOCC1.[Cl-]. The van der Waals surface area contributed by atoms with Gasteiger partial charge in [0.2, 0.25) is 5.91 Å². The summed E-state index contributed by atoms with van der Waals surface area (Å²) in [6, 6.07) is 0. The number of nitrogens with zero attached hydrogens (tertiary/aromatic N) is 1. The van der Waals surface area contributed by atoms with E-state index in [1.165, 1.54) is 0 Å². The zero-order chi connectivity index (χ0) is 8.10. The number of ether oxygens (including phenoxy) is 1. The van der Waals surface area contributed by atoms with Crippen LogP contribution in [-0.4, -0.2) is 43.7 Å². The average Bonchev–Trinajstić information content (AvgIpc) is 2.06. The van der Waals surface area contributed by atoms with Crippen LogP contribution in [0.15, 0.2) is 0 Å². The molecule has 1 aliphatic rings. The van der Waals surface area contributed by atoms with Crippen LogP contribution in [0.25, 0.3) is 0 Å². The van der Waals surface area contributed by atoms with Crippen molar-refractivity contribution < 1.29 is 21.9 Å². The van der Waals surface area contributed by atoms with E-state index in [1.807, 2.05) is 4.90 Å². The minimum atomic E-state index is -0.146. The number of rotatable bonds is 2. The molecule has 0 aromatic heterocycles. The van der Waals surface area contributed by atoms with Gasteiger partial charge < -0.3 is 17.1 Å². The van der Waals surface area contributed by atoms with Crippen LogP contribution in [-0.2, 0) is 9.53 Å². The molecule has 5 nitrogen and oxygen atoms in total. The Morgan fingerprint density at radius 2 is 2.08 bits per heavy atom. The molecule has 1 fully saturated rings. The summed E-state index contributed by atoms with van der Waals surface area (Å²) in [5.41, 5.74) is 2.09. The number of morpholine rings is 1. The van der Waals surface area contributed by atoms with Crippen molar-refractivity contribution in [3.63, 3.8) is 0 Å². The quantitative estimate of drug-likeness (QED) is 0.264. The van der Waals surface area contributed by atoms with E-state index < -0.39 is 0 Å². The molecule has 6 heteroatoms. The van der Waals surface area contributed by atoms with Gasteiger partial charge in [-0.05, 0) is 0 Å². The fourth-order valence-corrected chi connectivity index (χ4v) is 1.01. The van der Waals surface area contributed by atoms with Crippen LogP contribution in [0.3, 0.4) is 0 Å². The van der Waals surface area contributed by atoms with Crippen molar-refractivity contribution in [1.29, 1.82) is 0 Å². The van der Waals surface area contributed by atoms with E-state index in [-0.39, 0.29) is 18.3 Å². The van der Waals surface area contributed by atoms with Gasteiger partial charge in [-0.3, -0.25) is 15.1 Å². The first-order chi connectivity index (χ1) is 5.33. The Kier molecular flexibility index (Phi) is 6.00. The largest absolute Gasteiger partial charge is 1.00 e. The first kappa shape index (κ1) is 11.6. The number of hydrazine groups is 1. The number of hydrogen-bond donors (Lipinski definition) is 2. The van der Waals surface area contributed by atoms with Gasteiger partial charge in [0.25, 0.3) is 0 Å². The number of hydrogen-bond acceptors (Lipinski definition) is 4. The van der Waals surface area contributed by atoms with Gasteiger partial charge in [-0.25, -0.2) is 5.84 Å².